The van der Waals surface area contributed by atoms with E-state index in [0.29, 0.717) is 13.2 Å². The number of amides is 1. The molecule has 0 saturated heterocycles. The molecule has 1 saturated carbocycles. The number of carbonyl (C=O) groups excluding carboxylic acids is 1. The van der Waals surface area contributed by atoms with Crippen LogP contribution < -0.4 is 10.1 Å². The monoisotopic (exact) mass is 365 g/mol. The molecule has 1 N–H and O–H groups in total. The van der Waals surface area contributed by atoms with Crippen LogP contribution in [0.5, 0.6) is 5.75 Å². The maximum atomic E-state index is 13.0. The Hall–Kier alpha value is -2.33. The van der Waals surface area contributed by atoms with Crippen LogP contribution in [0.15, 0.2) is 48.5 Å². The zero-order valence-electron chi connectivity index (χ0n) is 16.0. The number of methoxy groups -OCH3 is 1. The average Bonchev–Trinajstić information content (AvgIpc) is 3.31. The number of benzene rings is 2. The molecule has 0 unspecified atom stereocenters. The molecule has 0 radical (unpaired) electrons. The van der Waals surface area contributed by atoms with Crippen molar-refractivity contribution in [1.29, 1.82) is 0 Å². The van der Waals surface area contributed by atoms with Crippen LogP contribution in [0.25, 0.3) is 0 Å². The summed E-state index contributed by atoms with van der Waals surface area (Å²) in [6, 6.07) is 16.3. The van der Waals surface area contributed by atoms with Crippen molar-refractivity contribution in [3.05, 3.63) is 65.2 Å². The van der Waals surface area contributed by atoms with Crippen LogP contribution in [0.4, 0.5) is 0 Å². The lowest BCUT2D eigenvalue weighted by Gasteiger charge is -2.20. The molecule has 4 nitrogen and oxygen atoms in total. The van der Waals surface area contributed by atoms with Crippen molar-refractivity contribution >= 4 is 5.91 Å². The highest BCUT2D eigenvalue weighted by Gasteiger charge is 2.61. The molecule has 0 aliphatic heterocycles. The SMILES string of the molecule is CCOc1ccc([C@H](COC)NC(=O)[C@@H]2C[C@]23CCc2ccccc23)cc1. The van der Waals surface area contributed by atoms with Crippen LogP contribution in [0.1, 0.15) is 42.5 Å². The summed E-state index contributed by atoms with van der Waals surface area (Å²) in [4.78, 5) is 13.0. The number of nitrogens with one attached hydrogen (secondary N) is 1. The van der Waals surface area contributed by atoms with E-state index in [1.165, 1.54) is 11.1 Å². The highest BCUT2D eigenvalue weighted by molar-refractivity contribution is 5.85. The molecular formula is C23H27NO3. The van der Waals surface area contributed by atoms with Gasteiger partial charge in [-0.1, -0.05) is 36.4 Å². The minimum absolute atomic E-state index is 0.0666. The Morgan fingerprint density at radius 3 is 2.74 bits per heavy atom. The van der Waals surface area contributed by atoms with Gasteiger partial charge in [0.15, 0.2) is 0 Å². The van der Waals surface area contributed by atoms with Gasteiger partial charge in [-0.25, -0.2) is 0 Å². The molecule has 1 fully saturated rings. The zero-order valence-corrected chi connectivity index (χ0v) is 16.0. The second-order valence-corrected chi connectivity index (χ2v) is 7.59. The minimum atomic E-state index is -0.146. The van der Waals surface area contributed by atoms with Gasteiger partial charge in [-0.2, -0.15) is 0 Å². The zero-order chi connectivity index (χ0) is 18.9. The first-order valence-electron chi connectivity index (χ1n) is 9.78. The Bertz CT molecular complexity index is 817. The second-order valence-electron chi connectivity index (χ2n) is 7.59. The molecule has 1 amide bonds. The molecule has 4 rings (SSSR count). The first-order chi connectivity index (χ1) is 13.2. The van der Waals surface area contributed by atoms with Crippen molar-refractivity contribution in [3.8, 4) is 5.75 Å². The summed E-state index contributed by atoms with van der Waals surface area (Å²) in [7, 11) is 1.67. The van der Waals surface area contributed by atoms with Gasteiger partial charge in [-0.3, -0.25) is 4.79 Å². The van der Waals surface area contributed by atoms with Crippen molar-refractivity contribution in [1.82, 2.24) is 5.32 Å². The van der Waals surface area contributed by atoms with Gasteiger partial charge in [0.25, 0.3) is 0 Å². The normalized spacial score (nSPS) is 23.7. The lowest BCUT2D eigenvalue weighted by Crippen LogP contribution is -2.34. The molecule has 2 aliphatic rings. The predicted molar refractivity (Wildman–Crippen MR) is 105 cm³/mol. The Labute approximate surface area is 160 Å². The molecule has 27 heavy (non-hydrogen) atoms. The maximum Gasteiger partial charge on any atom is 0.224 e. The fourth-order valence-electron chi connectivity index (χ4n) is 4.56. The fraction of sp³-hybridized carbons (Fsp3) is 0.435. The van der Waals surface area contributed by atoms with E-state index in [9.17, 15) is 4.79 Å². The van der Waals surface area contributed by atoms with Crippen molar-refractivity contribution in [2.45, 2.75) is 37.6 Å². The van der Waals surface area contributed by atoms with Gasteiger partial charge >= 0.3 is 0 Å². The van der Waals surface area contributed by atoms with Gasteiger partial charge in [0.05, 0.1) is 19.3 Å². The molecule has 3 atom stereocenters. The van der Waals surface area contributed by atoms with Crippen LogP contribution in [0.2, 0.25) is 0 Å². The smallest absolute Gasteiger partial charge is 0.224 e. The summed E-state index contributed by atoms with van der Waals surface area (Å²) in [5.74, 6) is 1.05. The summed E-state index contributed by atoms with van der Waals surface area (Å²) >= 11 is 0. The van der Waals surface area contributed by atoms with E-state index in [0.717, 1.165) is 30.6 Å². The quantitative estimate of drug-likeness (QED) is 0.812. The predicted octanol–water partition coefficient (Wildman–Crippen LogP) is 3.79. The molecule has 0 aromatic heterocycles. The first-order valence-corrected chi connectivity index (χ1v) is 9.78. The molecule has 0 heterocycles. The third-order valence-corrected chi connectivity index (χ3v) is 6.03. The van der Waals surface area contributed by atoms with E-state index in [2.05, 4.69) is 29.6 Å². The minimum Gasteiger partial charge on any atom is -0.494 e. The van der Waals surface area contributed by atoms with Crippen LogP contribution in [-0.2, 0) is 21.4 Å². The molecule has 4 heteroatoms. The second kappa shape index (κ2) is 7.35. The molecule has 2 aliphatic carbocycles. The summed E-state index contributed by atoms with van der Waals surface area (Å²) < 4.78 is 10.9. The van der Waals surface area contributed by atoms with Crippen molar-refractivity contribution in [3.63, 3.8) is 0 Å². The van der Waals surface area contributed by atoms with E-state index in [-0.39, 0.29) is 23.3 Å². The van der Waals surface area contributed by atoms with E-state index < -0.39 is 0 Å². The van der Waals surface area contributed by atoms with Crippen molar-refractivity contribution in [2.75, 3.05) is 20.3 Å². The first kappa shape index (κ1) is 18.1. The number of carbonyl (C=O) groups is 1. The summed E-state index contributed by atoms with van der Waals surface area (Å²) in [5, 5.41) is 3.22. The largest absolute Gasteiger partial charge is 0.494 e. The topological polar surface area (TPSA) is 47.6 Å². The molecule has 1 spiro atoms. The Kier molecular flexibility index (Phi) is 4.92. The molecule has 142 valence electrons. The fourth-order valence-corrected chi connectivity index (χ4v) is 4.56. The molecule has 2 aromatic carbocycles. The van der Waals surface area contributed by atoms with E-state index in [1.54, 1.807) is 7.11 Å². The third-order valence-electron chi connectivity index (χ3n) is 6.03. The number of hydrogen-bond acceptors (Lipinski definition) is 3. The summed E-state index contributed by atoms with van der Waals surface area (Å²) in [6.07, 6.45) is 3.13. The van der Waals surface area contributed by atoms with Crippen molar-refractivity contribution in [2.24, 2.45) is 5.92 Å². The number of rotatable bonds is 7. The summed E-state index contributed by atoms with van der Waals surface area (Å²) in [6.45, 7) is 3.06. The van der Waals surface area contributed by atoms with Gasteiger partial charge in [-0.15, -0.1) is 0 Å². The van der Waals surface area contributed by atoms with Gasteiger partial charge in [0.2, 0.25) is 5.91 Å². The maximum absolute atomic E-state index is 13.0. The lowest BCUT2D eigenvalue weighted by molar-refractivity contribution is -0.123. The number of fused-ring (bicyclic) bond motifs is 2. The van der Waals surface area contributed by atoms with Gasteiger partial charge in [0, 0.05) is 18.4 Å². The Morgan fingerprint density at radius 2 is 2.00 bits per heavy atom. The van der Waals surface area contributed by atoms with Crippen LogP contribution in [0.3, 0.4) is 0 Å². The van der Waals surface area contributed by atoms with E-state index in [1.807, 2.05) is 31.2 Å². The van der Waals surface area contributed by atoms with Crippen LogP contribution >= 0.6 is 0 Å². The Balaban J connectivity index is 1.46. The van der Waals surface area contributed by atoms with Crippen molar-refractivity contribution < 1.29 is 14.3 Å². The number of hydrogen-bond donors (Lipinski definition) is 1. The molecular weight excluding hydrogens is 338 g/mol. The van der Waals surface area contributed by atoms with Gasteiger partial charge in [0.1, 0.15) is 5.75 Å². The van der Waals surface area contributed by atoms with Gasteiger partial charge in [-0.05, 0) is 55.0 Å². The Morgan fingerprint density at radius 1 is 1.22 bits per heavy atom. The number of ether oxygens (including phenoxy) is 2. The van der Waals surface area contributed by atoms with Crippen LogP contribution in [-0.4, -0.2) is 26.2 Å². The highest BCUT2D eigenvalue weighted by Crippen LogP contribution is 2.61. The lowest BCUT2D eigenvalue weighted by atomic mass is 9.95. The van der Waals surface area contributed by atoms with Crippen LogP contribution in [0, 0.1) is 5.92 Å². The van der Waals surface area contributed by atoms with Gasteiger partial charge < -0.3 is 14.8 Å². The van der Waals surface area contributed by atoms with E-state index in [4.69, 9.17) is 9.47 Å². The average molecular weight is 365 g/mol. The van der Waals surface area contributed by atoms with E-state index >= 15 is 0 Å². The third kappa shape index (κ3) is 3.34. The molecule has 0 bridgehead atoms. The standard InChI is InChI=1S/C23H27NO3/c1-3-27-18-10-8-17(9-11-18)21(15-26-2)24-22(25)20-14-23(20)13-12-16-6-4-5-7-19(16)23/h4-11,20-21H,3,12-15H2,1-2H3,(H,24,25)/t20-,21-,23-/m0/s1. The molecule has 2 aromatic rings. The number of aryl methyl sites for hydroxylation is 1. The highest BCUT2D eigenvalue weighted by atomic mass is 16.5. The summed E-state index contributed by atoms with van der Waals surface area (Å²) in [5.41, 5.74) is 3.90.